The van der Waals surface area contributed by atoms with Gasteiger partial charge in [-0.2, -0.15) is 0 Å². The molecular weight excluding hydrogens is 464 g/mol. The van der Waals surface area contributed by atoms with Gasteiger partial charge in [0, 0.05) is 31.7 Å². The molecule has 1 saturated heterocycles. The second-order valence-corrected chi connectivity index (χ2v) is 8.44. The minimum atomic E-state index is -1.82. The van der Waals surface area contributed by atoms with Crippen LogP contribution in [0, 0.1) is 0 Å². The summed E-state index contributed by atoms with van der Waals surface area (Å²) in [4.78, 5) is 48.8. The maximum Gasteiger partial charge on any atom is 0.414 e. The molecule has 36 heavy (non-hydrogen) atoms. The first-order valence-electron chi connectivity index (χ1n) is 12.0. The number of piperidine rings is 1. The Morgan fingerprint density at radius 1 is 0.889 bits per heavy atom. The highest BCUT2D eigenvalue weighted by molar-refractivity contribution is 6.27. The van der Waals surface area contributed by atoms with Crippen molar-refractivity contribution in [3.05, 3.63) is 66.2 Å². The first kappa shape index (κ1) is 28.5. The van der Waals surface area contributed by atoms with Gasteiger partial charge in [-0.15, -0.1) is 0 Å². The SMILES string of the molecule is CCCC(=O)N(c1ccccc1)C1(C(=O)OCC)CCN(Cc2ccccc2)CC1.O=C(O)C(=O)O. The number of hydrogen-bond acceptors (Lipinski definition) is 6. The summed E-state index contributed by atoms with van der Waals surface area (Å²) >= 11 is 0. The van der Waals surface area contributed by atoms with Gasteiger partial charge >= 0.3 is 17.9 Å². The molecule has 9 heteroatoms. The molecule has 2 N–H and O–H groups in total. The number of carbonyl (C=O) groups is 4. The van der Waals surface area contributed by atoms with Crippen molar-refractivity contribution in [2.24, 2.45) is 0 Å². The largest absolute Gasteiger partial charge is 0.473 e. The zero-order valence-electron chi connectivity index (χ0n) is 20.8. The lowest BCUT2D eigenvalue weighted by Gasteiger charge is -2.46. The summed E-state index contributed by atoms with van der Waals surface area (Å²) in [5.74, 6) is -3.96. The number of likely N-dealkylation sites (tertiary alicyclic amines) is 1. The van der Waals surface area contributed by atoms with Crippen LogP contribution in [0.3, 0.4) is 0 Å². The van der Waals surface area contributed by atoms with Gasteiger partial charge in [-0.05, 0) is 43.9 Å². The lowest BCUT2D eigenvalue weighted by molar-refractivity contribution is -0.159. The Kier molecular flexibility index (Phi) is 11.1. The number of carboxylic acids is 2. The van der Waals surface area contributed by atoms with Crippen LogP contribution in [0.15, 0.2) is 60.7 Å². The number of carbonyl (C=O) groups excluding carboxylic acids is 2. The second kappa shape index (κ2) is 14.0. The molecule has 1 fully saturated rings. The summed E-state index contributed by atoms with van der Waals surface area (Å²) in [5.41, 5.74) is 1.06. The Morgan fingerprint density at radius 2 is 1.42 bits per heavy atom. The summed E-state index contributed by atoms with van der Waals surface area (Å²) in [6.07, 6.45) is 2.26. The molecule has 3 rings (SSSR count). The topological polar surface area (TPSA) is 124 Å². The molecule has 0 atom stereocenters. The van der Waals surface area contributed by atoms with Crippen LogP contribution < -0.4 is 4.90 Å². The van der Waals surface area contributed by atoms with E-state index in [2.05, 4.69) is 17.0 Å². The van der Waals surface area contributed by atoms with E-state index in [4.69, 9.17) is 24.5 Å². The third-order valence-electron chi connectivity index (χ3n) is 5.93. The van der Waals surface area contributed by atoms with Crippen LogP contribution in [0.25, 0.3) is 0 Å². The van der Waals surface area contributed by atoms with Gasteiger partial charge in [0.15, 0.2) is 0 Å². The van der Waals surface area contributed by atoms with Crippen LogP contribution in [0.1, 0.15) is 45.1 Å². The summed E-state index contributed by atoms with van der Waals surface area (Å²) < 4.78 is 5.52. The normalized spacial score (nSPS) is 14.6. The molecule has 0 aliphatic carbocycles. The smallest absolute Gasteiger partial charge is 0.414 e. The summed E-state index contributed by atoms with van der Waals surface area (Å²) in [6.45, 7) is 6.41. The van der Waals surface area contributed by atoms with Crippen LogP contribution in [-0.2, 0) is 30.5 Å². The molecular formula is C27H34N2O7. The molecule has 194 valence electrons. The number of hydrogen-bond donors (Lipinski definition) is 2. The number of carboxylic acid groups (broad SMARTS) is 2. The zero-order valence-corrected chi connectivity index (χ0v) is 20.8. The van der Waals surface area contributed by atoms with Gasteiger partial charge in [-0.25, -0.2) is 14.4 Å². The first-order valence-corrected chi connectivity index (χ1v) is 12.0. The number of anilines is 1. The van der Waals surface area contributed by atoms with E-state index in [9.17, 15) is 9.59 Å². The number of esters is 1. The summed E-state index contributed by atoms with van der Waals surface area (Å²) in [6, 6.07) is 19.9. The van der Waals surface area contributed by atoms with Crippen molar-refractivity contribution in [2.75, 3.05) is 24.6 Å². The lowest BCUT2D eigenvalue weighted by Crippen LogP contribution is -2.62. The molecule has 0 radical (unpaired) electrons. The standard InChI is InChI=1S/C25H32N2O3.C2H2O4/c1-3-11-23(28)27(22-14-9-6-10-15-22)25(24(29)30-4-2)16-18-26(19-17-25)20-21-12-7-5-8-13-21;3-1(4)2(5)6/h5-10,12-15H,3-4,11,16-20H2,1-2H3;(H,3,4)(H,5,6). The van der Waals surface area contributed by atoms with Crippen LogP contribution in [0.2, 0.25) is 0 Å². The maximum atomic E-state index is 13.3. The highest BCUT2D eigenvalue weighted by Crippen LogP contribution is 2.36. The van der Waals surface area contributed by atoms with E-state index in [-0.39, 0.29) is 11.9 Å². The molecule has 0 unspecified atom stereocenters. The van der Waals surface area contributed by atoms with Crippen molar-refractivity contribution in [1.82, 2.24) is 4.90 Å². The van der Waals surface area contributed by atoms with Gasteiger partial charge in [0.1, 0.15) is 5.54 Å². The Morgan fingerprint density at radius 3 is 1.89 bits per heavy atom. The molecule has 1 aliphatic rings. The summed E-state index contributed by atoms with van der Waals surface area (Å²) in [5, 5.41) is 14.8. The zero-order chi connectivity index (χ0) is 26.6. The van der Waals surface area contributed by atoms with Crippen molar-refractivity contribution in [1.29, 1.82) is 0 Å². The van der Waals surface area contributed by atoms with E-state index in [1.807, 2.05) is 62.4 Å². The third-order valence-corrected chi connectivity index (χ3v) is 5.93. The molecule has 0 bridgehead atoms. The monoisotopic (exact) mass is 498 g/mol. The Labute approximate surface area is 211 Å². The van der Waals surface area contributed by atoms with Crippen molar-refractivity contribution < 1.29 is 34.1 Å². The molecule has 0 saturated carbocycles. The number of nitrogens with zero attached hydrogens (tertiary/aromatic N) is 2. The first-order chi connectivity index (χ1) is 17.2. The molecule has 9 nitrogen and oxygen atoms in total. The Balaban J connectivity index is 0.000000678. The van der Waals surface area contributed by atoms with E-state index in [0.29, 0.717) is 25.9 Å². The fourth-order valence-corrected chi connectivity index (χ4v) is 4.24. The van der Waals surface area contributed by atoms with Gasteiger partial charge in [-0.1, -0.05) is 55.5 Å². The van der Waals surface area contributed by atoms with Crippen LogP contribution in [0.4, 0.5) is 5.69 Å². The molecule has 0 spiro atoms. The number of aliphatic carboxylic acids is 2. The molecule has 1 heterocycles. The maximum absolute atomic E-state index is 13.3. The second-order valence-electron chi connectivity index (χ2n) is 8.44. The minimum absolute atomic E-state index is 0.0201. The highest BCUT2D eigenvalue weighted by Gasteiger charge is 2.50. The third kappa shape index (κ3) is 7.64. The van der Waals surface area contributed by atoms with Crippen molar-refractivity contribution in [3.63, 3.8) is 0 Å². The van der Waals surface area contributed by atoms with Crippen molar-refractivity contribution in [3.8, 4) is 0 Å². The Hall–Kier alpha value is -3.72. The molecule has 2 aromatic carbocycles. The van der Waals surface area contributed by atoms with Crippen LogP contribution >= 0.6 is 0 Å². The molecule has 0 aromatic heterocycles. The van der Waals surface area contributed by atoms with E-state index in [1.54, 1.807) is 4.90 Å². The fourth-order valence-electron chi connectivity index (χ4n) is 4.24. The summed E-state index contributed by atoms with van der Waals surface area (Å²) in [7, 11) is 0. The number of para-hydroxylation sites is 1. The quantitative estimate of drug-likeness (QED) is 0.418. The fraction of sp³-hybridized carbons (Fsp3) is 0.407. The van der Waals surface area contributed by atoms with Gasteiger partial charge in [0.05, 0.1) is 6.61 Å². The van der Waals surface area contributed by atoms with E-state index >= 15 is 0 Å². The average molecular weight is 499 g/mol. The van der Waals surface area contributed by atoms with E-state index < -0.39 is 17.5 Å². The minimum Gasteiger partial charge on any atom is -0.473 e. The molecule has 1 aliphatic heterocycles. The van der Waals surface area contributed by atoms with Gasteiger partial charge in [-0.3, -0.25) is 14.6 Å². The van der Waals surface area contributed by atoms with Crippen LogP contribution in [0.5, 0.6) is 0 Å². The van der Waals surface area contributed by atoms with Gasteiger partial charge in [0.2, 0.25) is 5.91 Å². The lowest BCUT2D eigenvalue weighted by atomic mass is 9.84. The highest BCUT2D eigenvalue weighted by atomic mass is 16.5. The van der Waals surface area contributed by atoms with E-state index in [1.165, 1.54) is 5.56 Å². The van der Waals surface area contributed by atoms with Crippen LogP contribution in [-0.4, -0.2) is 64.2 Å². The number of benzene rings is 2. The van der Waals surface area contributed by atoms with Crippen molar-refractivity contribution >= 4 is 29.5 Å². The average Bonchev–Trinajstić information content (AvgIpc) is 2.87. The Bertz CT molecular complexity index is 991. The van der Waals surface area contributed by atoms with Gasteiger partial charge in [0.25, 0.3) is 0 Å². The predicted octanol–water partition coefficient (Wildman–Crippen LogP) is 3.57. The molecule has 1 amide bonds. The van der Waals surface area contributed by atoms with Crippen molar-refractivity contribution in [2.45, 2.75) is 51.6 Å². The van der Waals surface area contributed by atoms with Gasteiger partial charge < -0.3 is 14.9 Å². The number of amides is 1. The number of rotatable bonds is 8. The number of ether oxygens (including phenoxy) is 1. The predicted molar refractivity (Wildman–Crippen MR) is 134 cm³/mol. The molecule has 2 aromatic rings. The van der Waals surface area contributed by atoms with E-state index in [0.717, 1.165) is 31.7 Å².